The molecule has 1 spiro atoms. The van der Waals surface area contributed by atoms with Crippen molar-refractivity contribution in [3.63, 3.8) is 0 Å². The average molecular weight is 309 g/mol. The molecule has 1 aliphatic carbocycles. The summed E-state index contributed by atoms with van der Waals surface area (Å²) >= 11 is 0. The van der Waals surface area contributed by atoms with E-state index in [0.717, 1.165) is 51.8 Å². The molecule has 0 amide bonds. The number of nitrogens with one attached hydrogen (secondary N) is 1. The monoisotopic (exact) mass is 309 g/mol. The van der Waals surface area contributed by atoms with E-state index in [0.29, 0.717) is 10.8 Å². The lowest BCUT2D eigenvalue weighted by Crippen LogP contribution is -2.48. The number of aliphatic imine (C=N–C) groups is 1. The van der Waals surface area contributed by atoms with E-state index in [9.17, 15) is 0 Å². The normalized spacial score (nSPS) is 30.8. The standard InChI is InChI=1S/C17H31N3O2/c1-18-15(19-12-16(4-3-5-16)7-10-21-2)20-9-6-17(13-20)8-11-22-14-17/h3-14H2,1-2H3,(H,18,19). The number of hydrogen-bond donors (Lipinski definition) is 1. The molecule has 1 saturated carbocycles. The number of likely N-dealkylation sites (tertiary alicyclic amines) is 1. The van der Waals surface area contributed by atoms with Gasteiger partial charge in [-0.2, -0.15) is 0 Å². The summed E-state index contributed by atoms with van der Waals surface area (Å²) in [7, 11) is 3.70. The van der Waals surface area contributed by atoms with Crippen LogP contribution >= 0.6 is 0 Å². The van der Waals surface area contributed by atoms with Gasteiger partial charge in [-0.05, 0) is 37.5 Å². The fourth-order valence-electron chi connectivity index (χ4n) is 4.20. The molecule has 0 aromatic carbocycles. The van der Waals surface area contributed by atoms with Gasteiger partial charge in [-0.25, -0.2) is 0 Å². The molecule has 5 nitrogen and oxygen atoms in total. The molecule has 1 unspecified atom stereocenters. The predicted octanol–water partition coefficient (Wildman–Crippen LogP) is 1.88. The molecule has 5 heteroatoms. The first kappa shape index (κ1) is 16.1. The van der Waals surface area contributed by atoms with Gasteiger partial charge in [0.15, 0.2) is 5.96 Å². The molecular formula is C17H31N3O2. The number of nitrogens with zero attached hydrogens (tertiary/aromatic N) is 2. The number of guanidine groups is 1. The predicted molar refractivity (Wildman–Crippen MR) is 88.2 cm³/mol. The fourth-order valence-corrected chi connectivity index (χ4v) is 4.20. The molecule has 3 aliphatic rings. The Kier molecular flexibility index (Phi) is 4.93. The van der Waals surface area contributed by atoms with Crippen LogP contribution in [0.25, 0.3) is 0 Å². The van der Waals surface area contributed by atoms with Crippen molar-refractivity contribution in [2.24, 2.45) is 15.8 Å². The zero-order valence-corrected chi connectivity index (χ0v) is 14.2. The lowest BCUT2D eigenvalue weighted by molar-refractivity contribution is 0.0726. The molecule has 3 fully saturated rings. The van der Waals surface area contributed by atoms with Crippen LogP contribution in [-0.4, -0.2) is 64.5 Å². The lowest BCUT2D eigenvalue weighted by Gasteiger charge is -2.42. The Morgan fingerprint density at radius 1 is 1.32 bits per heavy atom. The van der Waals surface area contributed by atoms with Gasteiger partial charge < -0.3 is 19.7 Å². The summed E-state index contributed by atoms with van der Waals surface area (Å²) in [5, 5.41) is 3.65. The van der Waals surface area contributed by atoms with Gasteiger partial charge in [0, 0.05) is 52.4 Å². The second-order valence-corrected chi connectivity index (χ2v) is 7.47. The van der Waals surface area contributed by atoms with Crippen LogP contribution in [0.3, 0.4) is 0 Å². The summed E-state index contributed by atoms with van der Waals surface area (Å²) in [6.45, 7) is 5.96. The van der Waals surface area contributed by atoms with Crippen molar-refractivity contribution in [3.05, 3.63) is 0 Å². The molecule has 2 aliphatic heterocycles. The molecule has 22 heavy (non-hydrogen) atoms. The SMILES string of the molecule is CN=C(NCC1(CCOC)CCC1)N1CCC2(CCOC2)C1. The van der Waals surface area contributed by atoms with Gasteiger partial charge in [-0.1, -0.05) is 6.42 Å². The third-order valence-corrected chi connectivity index (χ3v) is 6.01. The second-order valence-electron chi connectivity index (χ2n) is 7.47. The minimum absolute atomic E-state index is 0.391. The largest absolute Gasteiger partial charge is 0.385 e. The maximum absolute atomic E-state index is 5.63. The Bertz CT molecular complexity index is 401. The van der Waals surface area contributed by atoms with Crippen LogP contribution in [-0.2, 0) is 9.47 Å². The first-order valence-corrected chi connectivity index (χ1v) is 8.73. The highest BCUT2D eigenvalue weighted by atomic mass is 16.5. The summed E-state index contributed by atoms with van der Waals surface area (Å²) in [5.74, 6) is 1.08. The Morgan fingerprint density at radius 3 is 2.77 bits per heavy atom. The van der Waals surface area contributed by atoms with E-state index >= 15 is 0 Å². The highest BCUT2D eigenvalue weighted by molar-refractivity contribution is 5.80. The quantitative estimate of drug-likeness (QED) is 0.622. The highest BCUT2D eigenvalue weighted by Gasteiger charge is 2.43. The van der Waals surface area contributed by atoms with Crippen LogP contribution in [0.15, 0.2) is 4.99 Å². The van der Waals surface area contributed by atoms with Crippen molar-refractivity contribution < 1.29 is 9.47 Å². The zero-order valence-electron chi connectivity index (χ0n) is 14.2. The van der Waals surface area contributed by atoms with Gasteiger partial charge in [0.05, 0.1) is 6.61 Å². The first-order valence-electron chi connectivity index (χ1n) is 8.73. The molecule has 3 rings (SSSR count). The van der Waals surface area contributed by atoms with Crippen LogP contribution in [0.2, 0.25) is 0 Å². The molecule has 0 aromatic rings. The zero-order chi connectivity index (χ0) is 15.5. The Balaban J connectivity index is 1.52. The van der Waals surface area contributed by atoms with Gasteiger partial charge in [-0.15, -0.1) is 0 Å². The van der Waals surface area contributed by atoms with Crippen molar-refractivity contribution in [2.45, 2.75) is 38.5 Å². The summed E-state index contributed by atoms with van der Waals surface area (Å²) < 4.78 is 10.9. The maximum atomic E-state index is 5.63. The number of rotatable bonds is 5. The number of hydrogen-bond acceptors (Lipinski definition) is 3. The maximum Gasteiger partial charge on any atom is 0.193 e. The van der Waals surface area contributed by atoms with Gasteiger partial charge in [0.1, 0.15) is 0 Å². The smallest absolute Gasteiger partial charge is 0.193 e. The third-order valence-electron chi connectivity index (χ3n) is 6.01. The summed E-state index contributed by atoms with van der Waals surface area (Å²) in [6, 6.07) is 0. The Hall–Kier alpha value is -0.810. The van der Waals surface area contributed by atoms with Crippen LogP contribution in [0.5, 0.6) is 0 Å². The van der Waals surface area contributed by atoms with E-state index in [-0.39, 0.29) is 0 Å². The third kappa shape index (κ3) is 3.25. The van der Waals surface area contributed by atoms with Gasteiger partial charge in [-0.3, -0.25) is 4.99 Å². The number of ether oxygens (including phenoxy) is 2. The molecule has 0 radical (unpaired) electrons. The van der Waals surface area contributed by atoms with E-state index in [4.69, 9.17) is 9.47 Å². The van der Waals surface area contributed by atoms with Gasteiger partial charge in [0.25, 0.3) is 0 Å². The number of methoxy groups -OCH3 is 1. The topological polar surface area (TPSA) is 46.1 Å². The molecule has 126 valence electrons. The second kappa shape index (κ2) is 6.75. The Morgan fingerprint density at radius 2 is 2.18 bits per heavy atom. The van der Waals surface area contributed by atoms with Crippen molar-refractivity contribution in [1.82, 2.24) is 10.2 Å². The van der Waals surface area contributed by atoms with Crippen molar-refractivity contribution in [3.8, 4) is 0 Å². The van der Waals surface area contributed by atoms with Crippen LogP contribution < -0.4 is 5.32 Å². The van der Waals surface area contributed by atoms with E-state index in [1.807, 2.05) is 7.05 Å². The summed E-state index contributed by atoms with van der Waals surface area (Å²) in [6.07, 6.45) is 7.59. The van der Waals surface area contributed by atoms with E-state index in [2.05, 4.69) is 15.2 Å². The summed E-state index contributed by atoms with van der Waals surface area (Å²) in [4.78, 5) is 6.95. The fraction of sp³-hybridized carbons (Fsp3) is 0.941. The minimum Gasteiger partial charge on any atom is -0.385 e. The minimum atomic E-state index is 0.391. The molecule has 1 atom stereocenters. The van der Waals surface area contributed by atoms with Crippen LogP contribution in [0.1, 0.15) is 38.5 Å². The van der Waals surface area contributed by atoms with Crippen molar-refractivity contribution in [2.75, 3.05) is 53.6 Å². The van der Waals surface area contributed by atoms with Gasteiger partial charge >= 0.3 is 0 Å². The molecule has 1 N–H and O–H groups in total. The van der Waals surface area contributed by atoms with E-state index in [1.165, 1.54) is 32.1 Å². The first-order chi connectivity index (χ1) is 10.7. The average Bonchev–Trinajstić information content (AvgIpc) is 3.12. The highest BCUT2D eigenvalue weighted by Crippen LogP contribution is 2.43. The van der Waals surface area contributed by atoms with E-state index < -0.39 is 0 Å². The van der Waals surface area contributed by atoms with Crippen molar-refractivity contribution >= 4 is 5.96 Å². The van der Waals surface area contributed by atoms with Crippen LogP contribution in [0, 0.1) is 10.8 Å². The molecule has 0 bridgehead atoms. The van der Waals surface area contributed by atoms with Crippen molar-refractivity contribution in [1.29, 1.82) is 0 Å². The summed E-state index contributed by atoms with van der Waals surface area (Å²) in [5.41, 5.74) is 0.821. The molecule has 0 aromatic heterocycles. The molecular weight excluding hydrogens is 278 g/mol. The Labute approximate surface area is 134 Å². The van der Waals surface area contributed by atoms with E-state index in [1.54, 1.807) is 7.11 Å². The molecule has 2 saturated heterocycles. The lowest BCUT2D eigenvalue weighted by atomic mass is 9.67. The van der Waals surface area contributed by atoms with Gasteiger partial charge in [0.2, 0.25) is 0 Å². The van der Waals surface area contributed by atoms with Crippen LogP contribution in [0.4, 0.5) is 0 Å². The molecule has 2 heterocycles.